The van der Waals surface area contributed by atoms with Gasteiger partial charge in [0.05, 0.1) is 13.7 Å². The molecule has 5 heteroatoms. The number of hydrogen-bond acceptors (Lipinski definition) is 4. The van der Waals surface area contributed by atoms with E-state index in [9.17, 15) is 4.79 Å². The van der Waals surface area contributed by atoms with Gasteiger partial charge in [-0.3, -0.25) is 4.79 Å². The molecule has 1 amide bonds. The maximum atomic E-state index is 11.4. The van der Waals surface area contributed by atoms with Gasteiger partial charge >= 0.3 is 0 Å². The lowest BCUT2D eigenvalue weighted by Crippen LogP contribution is -2.29. The van der Waals surface area contributed by atoms with Gasteiger partial charge in [0.25, 0.3) is 5.91 Å². The fourth-order valence-electron chi connectivity index (χ4n) is 1.61. The lowest BCUT2D eigenvalue weighted by Gasteiger charge is -2.13. The van der Waals surface area contributed by atoms with Crippen molar-refractivity contribution < 1.29 is 14.3 Å². The molecule has 0 aliphatic carbocycles. The van der Waals surface area contributed by atoms with E-state index in [2.05, 4.69) is 30.4 Å². The zero-order valence-corrected chi connectivity index (χ0v) is 12.7. The number of methoxy groups -OCH3 is 1. The summed E-state index contributed by atoms with van der Waals surface area (Å²) >= 11 is 0. The first-order chi connectivity index (χ1) is 10.1. The molecular weight excluding hydrogens is 268 g/mol. The molecule has 1 rings (SSSR count). The van der Waals surface area contributed by atoms with E-state index in [1.54, 1.807) is 13.2 Å². The molecule has 0 fully saturated rings. The fraction of sp³-hybridized carbons (Fsp3) is 0.438. The Bertz CT molecular complexity index is 507. The summed E-state index contributed by atoms with van der Waals surface area (Å²) < 4.78 is 10.7. The van der Waals surface area contributed by atoms with Crippen LogP contribution in [-0.2, 0) is 11.3 Å². The first kappa shape index (κ1) is 16.9. The van der Waals surface area contributed by atoms with Gasteiger partial charge in [0, 0.05) is 12.6 Å². The summed E-state index contributed by atoms with van der Waals surface area (Å²) in [5, 5.41) is 5.86. The SMILES string of the molecule is C#CCNC(=O)COc1ccc(CNC(C)C)cc1OC. The zero-order valence-electron chi connectivity index (χ0n) is 12.7. The van der Waals surface area contributed by atoms with Crippen LogP contribution in [0.3, 0.4) is 0 Å². The van der Waals surface area contributed by atoms with Crippen LogP contribution in [0.25, 0.3) is 0 Å². The van der Waals surface area contributed by atoms with Gasteiger partial charge in [-0.1, -0.05) is 25.8 Å². The monoisotopic (exact) mass is 290 g/mol. The zero-order chi connectivity index (χ0) is 15.7. The van der Waals surface area contributed by atoms with Gasteiger partial charge in [0.1, 0.15) is 0 Å². The Kier molecular flexibility index (Phi) is 7.13. The quantitative estimate of drug-likeness (QED) is 0.709. The largest absolute Gasteiger partial charge is 0.493 e. The van der Waals surface area contributed by atoms with Crippen molar-refractivity contribution in [3.05, 3.63) is 23.8 Å². The molecule has 0 radical (unpaired) electrons. The highest BCUT2D eigenvalue weighted by Crippen LogP contribution is 2.28. The molecule has 5 nitrogen and oxygen atoms in total. The number of benzene rings is 1. The van der Waals surface area contributed by atoms with Gasteiger partial charge < -0.3 is 20.1 Å². The maximum absolute atomic E-state index is 11.4. The van der Waals surface area contributed by atoms with Crippen molar-refractivity contribution in [1.29, 1.82) is 0 Å². The predicted octanol–water partition coefficient (Wildman–Crippen LogP) is 1.32. The van der Waals surface area contributed by atoms with Gasteiger partial charge in [-0.2, -0.15) is 0 Å². The third-order valence-electron chi connectivity index (χ3n) is 2.69. The molecule has 0 bridgehead atoms. The van der Waals surface area contributed by atoms with Crippen molar-refractivity contribution >= 4 is 5.91 Å². The number of rotatable bonds is 8. The molecule has 21 heavy (non-hydrogen) atoms. The molecule has 114 valence electrons. The maximum Gasteiger partial charge on any atom is 0.258 e. The Hall–Kier alpha value is -2.19. The average molecular weight is 290 g/mol. The van der Waals surface area contributed by atoms with Gasteiger partial charge in [-0.05, 0) is 17.7 Å². The summed E-state index contributed by atoms with van der Waals surface area (Å²) in [6.45, 7) is 5.02. The van der Waals surface area contributed by atoms with Gasteiger partial charge in [0.2, 0.25) is 0 Å². The van der Waals surface area contributed by atoms with E-state index >= 15 is 0 Å². The normalized spacial score (nSPS) is 10.0. The number of hydrogen-bond donors (Lipinski definition) is 2. The summed E-state index contributed by atoms with van der Waals surface area (Å²) in [6, 6.07) is 6.04. The van der Waals surface area contributed by atoms with Crippen molar-refractivity contribution in [1.82, 2.24) is 10.6 Å². The number of carbonyl (C=O) groups excluding carboxylic acids is 1. The molecule has 0 atom stereocenters. The fourth-order valence-corrected chi connectivity index (χ4v) is 1.61. The second kappa shape index (κ2) is 8.88. The third-order valence-corrected chi connectivity index (χ3v) is 2.69. The van der Waals surface area contributed by atoms with Gasteiger partial charge in [0.15, 0.2) is 18.1 Å². The van der Waals surface area contributed by atoms with Crippen molar-refractivity contribution in [3.63, 3.8) is 0 Å². The summed E-state index contributed by atoms with van der Waals surface area (Å²) in [6.07, 6.45) is 5.06. The van der Waals surface area contributed by atoms with Crippen molar-refractivity contribution in [2.45, 2.75) is 26.4 Å². The van der Waals surface area contributed by atoms with Crippen molar-refractivity contribution in [2.75, 3.05) is 20.3 Å². The third kappa shape index (κ3) is 6.19. The smallest absolute Gasteiger partial charge is 0.258 e. The highest BCUT2D eigenvalue weighted by atomic mass is 16.5. The van der Waals surface area contributed by atoms with Crippen LogP contribution < -0.4 is 20.1 Å². The molecule has 1 aromatic carbocycles. The molecule has 0 spiro atoms. The highest BCUT2D eigenvalue weighted by Gasteiger charge is 2.08. The summed E-state index contributed by atoms with van der Waals surface area (Å²) in [7, 11) is 1.57. The van der Waals surface area contributed by atoms with Crippen LogP contribution in [-0.4, -0.2) is 32.2 Å². The minimum Gasteiger partial charge on any atom is -0.493 e. The molecule has 0 aromatic heterocycles. The Balaban J connectivity index is 2.62. The van der Waals surface area contributed by atoms with E-state index in [1.807, 2.05) is 12.1 Å². The van der Waals surface area contributed by atoms with Crippen LogP contribution in [0.15, 0.2) is 18.2 Å². The Morgan fingerprint density at radius 1 is 1.38 bits per heavy atom. The Labute approximate surface area is 126 Å². The molecular formula is C16H22N2O3. The van der Waals surface area contributed by atoms with Crippen LogP contribution in [0.2, 0.25) is 0 Å². The van der Waals surface area contributed by atoms with Gasteiger partial charge in [-0.25, -0.2) is 0 Å². The summed E-state index contributed by atoms with van der Waals surface area (Å²) in [5.74, 6) is 3.20. The summed E-state index contributed by atoms with van der Waals surface area (Å²) in [5.41, 5.74) is 1.09. The lowest BCUT2D eigenvalue weighted by molar-refractivity contribution is -0.122. The number of ether oxygens (including phenoxy) is 2. The van der Waals surface area contributed by atoms with Crippen LogP contribution in [0.4, 0.5) is 0 Å². The van der Waals surface area contributed by atoms with E-state index in [0.717, 1.165) is 12.1 Å². The molecule has 0 saturated heterocycles. The van der Waals surface area contributed by atoms with E-state index in [1.165, 1.54) is 0 Å². The molecule has 0 aliphatic rings. The minimum absolute atomic E-state index is 0.0956. The molecule has 0 aliphatic heterocycles. The standard InChI is InChI=1S/C16H22N2O3/c1-5-8-17-16(19)11-21-14-7-6-13(9-15(14)20-4)10-18-12(2)3/h1,6-7,9,12,18H,8,10-11H2,2-4H3,(H,17,19). The first-order valence-corrected chi connectivity index (χ1v) is 6.80. The van der Waals surface area contributed by atoms with E-state index in [4.69, 9.17) is 15.9 Å². The molecule has 0 heterocycles. The molecule has 0 unspecified atom stereocenters. The minimum atomic E-state index is -0.263. The molecule has 2 N–H and O–H groups in total. The number of amides is 1. The Morgan fingerprint density at radius 3 is 2.76 bits per heavy atom. The second-order valence-electron chi connectivity index (χ2n) is 4.79. The van der Waals surface area contributed by atoms with Crippen LogP contribution in [0.5, 0.6) is 11.5 Å². The average Bonchev–Trinajstić information content (AvgIpc) is 2.48. The Morgan fingerprint density at radius 2 is 2.14 bits per heavy atom. The van der Waals surface area contributed by atoms with E-state index in [-0.39, 0.29) is 19.1 Å². The number of terminal acetylenes is 1. The summed E-state index contributed by atoms with van der Waals surface area (Å²) in [4.78, 5) is 11.4. The van der Waals surface area contributed by atoms with Crippen LogP contribution >= 0.6 is 0 Å². The number of carbonyl (C=O) groups is 1. The lowest BCUT2D eigenvalue weighted by atomic mass is 10.2. The highest BCUT2D eigenvalue weighted by molar-refractivity contribution is 5.77. The predicted molar refractivity (Wildman–Crippen MR) is 82.3 cm³/mol. The van der Waals surface area contributed by atoms with E-state index in [0.29, 0.717) is 17.5 Å². The first-order valence-electron chi connectivity index (χ1n) is 6.80. The second-order valence-corrected chi connectivity index (χ2v) is 4.79. The molecule has 1 aromatic rings. The van der Waals surface area contributed by atoms with Crippen molar-refractivity contribution in [3.8, 4) is 23.8 Å². The van der Waals surface area contributed by atoms with E-state index < -0.39 is 0 Å². The van der Waals surface area contributed by atoms with Crippen molar-refractivity contribution in [2.24, 2.45) is 0 Å². The van der Waals surface area contributed by atoms with Gasteiger partial charge in [-0.15, -0.1) is 6.42 Å². The topological polar surface area (TPSA) is 59.6 Å². The van der Waals surface area contributed by atoms with Crippen LogP contribution in [0.1, 0.15) is 19.4 Å². The van der Waals surface area contributed by atoms with Crippen LogP contribution in [0, 0.1) is 12.3 Å². The number of nitrogens with one attached hydrogen (secondary N) is 2. The molecule has 0 saturated carbocycles.